The van der Waals surface area contributed by atoms with Crippen LogP contribution in [0.5, 0.6) is 0 Å². The van der Waals surface area contributed by atoms with Crippen LogP contribution in [0.15, 0.2) is 18.2 Å². The highest BCUT2D eigenvalue weighted by Crippen LogP contribution is 2.24. The third-order valence-corrected chi connectivity index (χ3v) is 3.81. The molecular weight excluding hydrogens is 253 g/mol. The molecule has 0 spiro atoms. The molecule has 0 bridgehead atoms. The summed E-state index contributed by atoms with van der Waals surface area (Å²) in [6.07, 6.45) is 1.39. The van der Waals surface area contributed by atoms with Gasteiger partial charge in [0.25, 0.3) is 0 Å². The summed E-state index contributed by atoms with van der Waals surface area (Å²) >= 11 is 6.00. The number of hydrogen-bond donors (Lipinski definition) is 2. The van der Waals surface area contributed by atoms with E-state index in [4.69, 9.17) is 11.6 Å². The second-order valence-electron chi connectivity index (χ2n) is 4.70. The number of hydrogen-bond acceptors (Lipinski definition) is 2. The summed E-state index contributed by atoms with van der Waals surface area (Å²) in [5.41, 5.74) is 0.147. The largest absolute Gasteiger partial charge is 0.389 e. The molecule has 0 aliphatic rings. The standard InChI is InChI=1S/C14H21ClFNO/c1-4-14(18,5-2)9-17-10(3)12-7-6-11(16)8-13(12)15/h6-8,10,17-18H,4-5,9H2,1-3H3. The number of rotatable bonds is 6. The molecule has 0 fully saturated rings. The first-order valence-electron chi connectivity index (χ1n) is 6.32. The molecule has 1 aromatic carbocycles. The molecule has 102 valence electrons. The van der Waals surface area contributed by atoms with E-state index in [2.05, 4.69) is 5.32 Å². The van der Waals surface area contributed by atoms with Gasteiger partial charge in [0.2, 0.25) is 0 Å². The summed E-state index contributed by atoms with van der Waals surface area (Å²) in [5, 5.41) is 13.8. The molecule has 2 nitrogen and oxygen atoms in total. The molecule has 0 saturated heterocycles. The van der Waals surface area contributed by atoms with Crippen molar-refractivity contribution in [2.75, 3.05) is 6.54 Å². The van der Waals surface area contributed by atoms with E-state index in [0.29, 0.717) is 24.4 Å². The van der Waals surface area contributed by atoms with Crippen LogP contribution in [0.25, 0.3) is 0 Å². The molecule has 1 rings (SSSR count). The predicted octanol–water partition coefficient (Wildman–Crippen LogP) is 3.68. The van der Waals surface area contributed by atoms with Crippen LogP contribution in [0.3, 0.4) is 0 Å². The van der Waals surface area contributed by atoms with Crippen molar-refractivity contribution in [1.82, 2.24) is 5.32 Å². The van der Waals surface area contributed by atoms with E-state index < -0.39 is 5.60 Å². The quantitative estimate of drug-likeness (QED) is 0.829. The van der Waals surface area contributed by atoms with Gasteiger partial charge in [-0.1, -0.05) is 31.5 Å². The topological polar surface area (TPSA) is 32.3 Å². The summed E-state index contributed by atoms with van der Waals surface area (Å²) in [6.45, 7) is 6.36. The van der Waals surface area contributed by atoms with Gasteiger partial charge in [0.1, 0.15) is 5.82 Å². The van der Waals surface area contributed by atoms with Crippen molar-refractivity contribution in [3.05, 3.63) is 34.6 Å². The summed E-state index contributed by atoms with van der Waals surface area (Å²) < 4.78 is 13.0. The molecule has 0 amide bonds. The Labute approximate surface area is 113 Å². The maximum Gasteiger partial charge on any atom is 0.124 e. The molecule has 0 aromatic heterocycles. The van der Waals surface area contributed by atoms with Gasteiger partial charge in [-0.25, -0.2) is 4.39 Å². The van der Waals surface area contributed by atoms with Crippen molar-refractivity contribution in [3.63, 3.8) is 0 Å². The van der Waals surface area contributed by atoms with E-state index in [1.54, 1.807) is 6.07 Å². The maximum absolute atomic E-state index is 13.0. The fraction of sp³-hybridized carbons (Fsp3) is 0.571. The Hall–Kier alpha value is -0.640. The minimum atomic E-state index is -0.694. The number of halogens is 2. The predicted molar refractivity (Wildman–Crippen MR) is 73.4 cm³/mol. The molecule has 2 N–H and O–H groups in total. The first kappa shape index (κ1) is 15.4. The Morgan fingerprint density at radius 2 is 2.00 bits per heavy atom. The van der Waals surface area contributed by atoms with Gasteiger partial charge in [0, 0.05) is 17.6 Å². The molecule has 1 aromatic rings. The zero-order valence-electron chi connectivity index (χ0n) is 11.1. The lowest BCUT2D eigenvalue weighted by Crippen LogP contribution is -2.40. The highest BCUT2D eigenvalue weighted by Gasteiger charge is 2.23. The smallest absolute Gasteiger partial charge is 0.124 e. The van der Waals surface area contributed by atoms with Crippen molar-refractivity contribution in [1.29, 1.82) is 0 Å². The normalized spacial score (nSPS) is 13.7. The summed E-state index contributed by atoms with van der Waals surface area (Å²) in [7, 11) is 0. The molecule has 0 aliphatic heterocycles. The van der Waals surface area contributed by atoms with E-state index in [1.165, 1.54) is 12.1 Å². The van der Waals surface area contributed by atoms with Crippen LogP contribution < -0.4 is 5.32 Å². The summed E-state index contributed by atoms with van der Waals surface area (Å²) in [4.78, 5) is 0. The fourth-order valence-corrected chi connectivity index (χ4v) is 2.14. The Balaban J connectivity index is 2.68. The van der Waals surface area contributed by atoms with Crippen LogP contribution >= 0.6 is 11.6 Å². The molecule has 1 unspecified atom stereocenters. The summed E-state index contributed by atoms with van der Waals surface area (Å²) in [5.74, 6) is -0.338. The molecule has 18 heavy (non-hydrogen) atoms. The second-order valence-corrected chi connectivity index (χ2v) is 5.11. The van der Waals surface area contributed by atoms with Gasteiger partial charge in [-0.3, -0.25) is 0 Å². The average molecular weight is 274 g/mol. The Morgan fingerprint density at radius 3 is 2.50 bits per heavy atom. The molecule has 0 radical (unpaired) electrons. The van der Waals surface area contributed by atoms with Gasteiger partial charge >= 0.3 is 0 Å². The van der Waals surface area contributed by atoms with Gasteiger partial charge < -0.3 is 10.4 Å². The molecule has 4 heteroatoms. The van der Waals surface area contributed by atoms with E-state index in [9.17, 15) is 9.50 Å². The Kier molecular flexibility index (Phi) is 5.57. The Morgan fingerprint density at radius 1 is 1.39 bits per heavy atom. The van der Waals surface area contributed by atoms with E-state index in [1.807, 2.05) is 20.8 Å². The number of nitrogens with one attached hydrogen (secondary N) is 1. The maximum atomic E-state index is 13.0. The van der Waals surface area contributed by atoms with Crippen molar-refractivity contribution in [3.8, 4) is 0 Å². The van der Waals surface area contributed by atoms with E-state index >= 15 is 0 Å². The first-order valence-corrected chi connectivity index (χ1v) is 6.70. The monoisotopic (exact) mass is 273 g/mol. The van der Waals surface area contributed by atoms with E-state index in [0.717, 1.165) is 5.56 Å². The molecule has 0 aliphatic carbocycles. The lowest BCUT2D eigenvalue weighted by atomic mass is 9.96. The number of aliphatic hydroxyl groups is 1. The van der Waals surface area contributed by atoms with Crippen LogP contribution in [0, 0.1) is 5.82 Å². The van der Waals surface area contributed by atoms with Crippen molar-refractivity contribution in [2.45, 2.75) is 45.3 Å². The van der Waals surface area contributed by atoms with Crippen molar-refractivity contribution in [2.24, 2.45) is 0 Å². The minimum Gasteiger partial charge on any atom is -0.389 e. The molecule has 0 saturated carbocycles. The zero-order chi connectivity index (χ0) is 13.8. The summed E-state index contributed by atoms with van der Waals surface area (Å²) in [6, 6.07) is 4.35. The van der Waals surface area contributed by atoms with Crippen molar-refractivity contribution < 1.29 is 9.50 Å². The van der Waals surface area contributed by atoms with Crippen LogP contribution in [0.4, 0.5) is 4.39 Å². The van der Waals surface area contributed by atoms with Gasteiger partial charge in [-0.05, 0) is 37.5 Å². The second kappa shape index (κ2) is 6.50. The average Bonchev–Trinajstić information content (AvgIpc) is 2.35. The number of benzene rings is 1. The molecule has 0 heterocycles. The lowest BCUT2D eigenvalue weighted by molar-refractivity contribution is 0.0303. The fourth-order valence-electron chi connectivity index (χ4n) is 1.81. The SMILES string of the molecule is CCC(O)(CC)CNC(C)c1ccc(F)cc1Cl. The van der Waals surface area contributed by atoms with Crippen LogP contribution in [0.1, 0.15) is 45.2 Å². The minimum absolute atomic E-state index is 0.0253. The van der Waals surface area contributed by atoms with Gasteiger partial charge in [-0.15, -0.1) is 0 Å². The molecule has 1 atom stereocenters. The van der Waals surface area contributed by atoms with Gasteiger partial charge in [0.15, 0.2) is 0 Å². The Bertz CT molecular complexity index is 393. The van der Waals surface area contributed by atoms with Gasteiger partial charge in [-0.2, -0.15) is 0 Å². The van der Waals surface area contributed by atoms with Crippen LogP contribution in [-0.2, 0) is 0 Å². The first-order chi connectivity index (χ1) is 8.41. The lowest BCUT2D eigenvalue weighted by Gasteiger charge is -2.28. The van der Waals surface area contributed by atoms with Crippen molar-refractivity contribution >= 4 is 11.6 Å². The van der Waals surface area contributed by atoms with Crippen LogP contribution in [-0.4, -0.2) is 17.3 Å². The highest BCUT2D eigenvalue weighted by molar-refractivity contribution is 6.31. The van der Waals surface area contributed by atoms with E-state index in [-0.39, 0.29) is 11.9 Å². The molecular formula is C14H21ClFNO. The third-order valence-electron chi connectivity index (χ3n) is 3.48. The zero-order valence-corrected chi connectivity index (χ0v) is 11.9. The highest BCUT2D eigenvalue weighted by atomic mass is 35.5. The van der Waals surface area contributed by atoms with Gasteiger partial charge in [0.05, 0.1) is 5.60 Å². The third kappa shape index (κ3) is 3.94. The van der Waals surface area contributed by atoms with Crippen LogP contribution in [0.2, 0.25) is 5.02 Å².